The molecule has 4 rings (SSSR count). The number of nitrogens with one attached hydrogen (secondary N) is 1. The molecule has 0 saturated heterocycles. The van der Waals surface area contributed by atoms with Crippen molar-refractivity contribution in [1.82, 2.24) is 10.5 Å². The first-order chi connectivity index (χ1) is 13.1. The van der Waals surface area contributed by atoms with Crippen LogP contribution in [-0.4, -0.2) is 24.3 Å². The van der Waals surface area contributed by atoms with E-state index in [0.717, 1.165) is 16.9 Å². The molecular formula is C21H20N2O4. The summed E-state index contributed by atoms with van der Waals surface area (Å²) in [6.07, 6.45) is 0. The van der Waals surface area contributed by atoms with Crippen LogP contribution in [0.15, 0.2) is 53.1 Å². The van der Waals surface area contributed by atoms with Crippen molar-refractivity contribution >= 4 is 5.91 Å². The van der Waals surface area contributed by atoms with Crippen molar-refractivity contribution in [2.75, 3.05) is 13.2 Å². The van der Waals surface area contributed by atoms with Gasteiger partial charge < -0.3 is 19.3 Å². The van der Waals surface area contributed by atoms with Gasteiger partial charge in [0.1, 0.15) is 30.2 Å². The van der Waals surface area contributed by atoms with E-state index in [1.165, 1.54) is 0 Å². The average molecular weight is 364 g/mol. The summed E-state index contributed by atoms with van der Waals surface area (Å²) in [6, 6.07) is 15.0. The zero-order valence-corrected chi connectivity index (χ0v) is 15.2. The monoisotopic (exact) mass is 364 g/mol. The van der Waals surface area contributed by atoms with E-state index in [9.17, 15) is 4.79 Å². The summed E-state index contributed by atoms with van der Waals surface area (Å²) in [5.41, 5.74) is 2.76. The van der Waals surface area contributed by atoms with Crippen LogP contribution in [-0.2, 0) is 0 Å². The van der Waals surface area contributed by atoms with Crippen molar-refractivity contribution in [2.24, 2.45) is 0 Å². The van der Waals surface area contributed by atoms with Crippen molar-refractivity contribution in [3.63, 3.8) is 0 Å². The number of rotatable bonds is 4. The quantitative estimate of drug-likeness (QED) is 0.760. The van der Waals surface area contributed by atoms with Crippen molar-refractivity contribution in [3.05, 3.63) is 65.4 Å². The molecule has 1 N–H and O–H groups in total. The number of amides is 1. The molecule has 6 nitrogen and oxygen atoms in total. The Hall–Kier alpha value is -3.28. The Balaban J connectivity index is 1.57. The fraction of sp³-hybridized carbons (Fsp3) is 0.238. The van der Waals surface area contributed by atoms with Gasteiger partial charge >= 0.3 is 0 Å². The number of ether oxygens (including phenoxy) is 2. The predicted octanol–water partition coefficient (Wildman–Crippen LogP) is 3.91. The van der Waals surface area contributed by atoms with Crippen LogP contribution in [0, 0.1) is 6.92 Å². The Labute approximate surface area is 157 Å². The Morgan fingerprint density at radius 2 is 1.81 bits per heavy atom. The van der Waals surface area contributed by atoms with E-state index in [0.29, 0.717) is 36.0 Å². The summed E-state index contributed by atoms with van der Waals surface area (Å²) in [4.78, 5) is 12.9. The number of carbonyl (C=O) groups excluding carboxylic acids is 1. The van der Waals surface area contributed by atoms with Gasteiger partial charge in [0, 0.05) is 5.56 Å². The minimum atomic E-state index is -0.227. The van der Waals surface area contributed by atoms with Gasteiger partial charge in [0.25, 0.3) is 5.91 Å². The summed E-state index contributed by atoms with van der Waals surface area (Å²) < 4.78 is 16.5. The molecule has 3 aromatic rings. The topological polar surface area (TPSA) is 73.6 Å². The molecule has 0 bridgehead atoms. The Bertz CT molecular complexity index is 966. The molecule has 0 unspecified atom stereocenters. The van der Waals surface area contributed by atoms with Crippen molar-refractivity contribution in [3.8, 4) is 22.8 Å². The summed E-state index contributed by atoms with van der Waals surface area (Å²) >= 11 is 0. The van der Waals surface area contributed by atoms with Gasteiger partial charge in [-0.3, -0.25) is 4.79 Å². The minimum Gasteiger partial charge on any atom is -0.486 e. The molecule has 1 amide bonds. The number of hydrogen-bond donors (Lipinski definition) is 1. The van der Waals surface area contributed by atoms with Crippen LogP contribution in [0.3, 0.4) is 0 Å². The molecule has 0 saturated carbocycles. The summed E-state index contributed by atoms with van der Waals surface area (Å²) in [5.74, 6) is 1.69. The molecule has 6 heteroatoms. The first-order valence-electron chi connectivity index (χ1n) is 8.85. The Morgan fingerprint density at radius 1 is 1.07 bits per heavy atom. The maximum Gasteiger partial charge on any atom is 0.257 e. The molecule has 1 atom stereocenters. The highest BCUT2D eigenvalue weighted by Crippen LogP contribution is 2.33. The largest absolute Gasteiger partial charge is 0.486 e. The van der Waals surface area contributed by atoms with E-state index in [4.69, 9.17) is 14.0 Å². The normalized spacial score (nSPS) is 13.9. The van der Waals surface area contributed by atoms with Gasteiger partial charge in [-0.2, -0.15) is 0 Å². The molecule has 2 heterocycles. The van der Waals surface area contributed by atoms with Crippen molar-refractivity contribution in [2.45, 2.75) is 19.9 Å². The maximum absolute atomic E-state index is 12.9. The second-order valence-electron chi connectivity index (χ2n) is 6.43. The van der Waals surface area contributed by atoms with Crippen LogP contribution in [0.1, 0.15) is 34.6 Å². The second-order valence-corrected chi connectivity index (χ2v) is 6.43. The number of aromatic nitrogens is 1. The highest BCUT2D eigenvalue weighted by Gasteiger charge is 2.23. The van der Waals surface area contributed by atoms with Gasteiger partial charge in [-0.1, -0.05) is 41.6 Å². The number of carbonyl (C=O) groups is 1. The van der Waals surface area contributed by atoms with E-state index in [1.807, 2.05) is 55.5 Å². The SMILES string of the molecule is Cc1onc(-c2ccccc2)c1C(=O)N[C@@H](C)c1ccc2c(c1)OCCO2. The molecule has 2 aromatic carbocycles. The first-order valence-corrected chi connectivity index (χ1v) is 8.85. The van der Waals surface area contributed by atoms with E-state index in [2.05, 4.69) is 10.5 Å². The second kappa shape index (κ2) is 7.15. The van der Waals surface area contributed by atoms with Crippen LogP contribution >= 0.6 is 0 Å². The molecule has 138 valence electrons. The number of aryl methyl sites for hydroxylation is 1. The lowest BCUT2D eigenvalue weighted by Gasteiger charge is -2.21. The van der Waals surface area contributed by atoms with E-state index < -0.39 is 0 Å². The van der Waals surface area contributed by atoms with Gasteiger partial charge in [0.15, 0.2) is 11.5 Å². The van der Waals surface area contributed by atoms with Gasteiger partial charge in [-0.15, -0.1) is 0 Å². The summed E-state index contributed by atoms with van der Waals surface area (Å²) in [7, 11) is 0. The lowest BCUT2D eigenvalue weighted by Crippen LogP contribution is -2.27. The third-order valence-corrected chi connectivity index (χ3v) is 4.55. The molecule has 0 fully saturated rings. The van der Waals surface area contributed by atoms with Gasteiger partial charge in [-0.05, 0) is 31.5 Å². The number of fused-ring (bicyclic) bond motifs is 1. The molecule has 1 aromatic heterocycles. The third-order valence-electron chi connectivity index (χ3n) is 4.55. The van der Waals surface area contributed by atoms with E-state index >= 15 is 0 Å². The van der Waals surface area contributed by atoms with Crippen molar-refractivity contribution < 1.29 is 18.8 Å². The fourth-order valence-corrected chi connectivity index (χ4v) is 3.11. The molecule has 0 aliphatic carbocycles. The first kappa shape index (κ1) is 17.1. The van der Waals surface area contributed by atoms with E-state index in [1.54, 1.807) is 6.92 Å². The average Bonchev–Trinajstić information content (AvgIpc) is 3.09. The molecule has 0 radical (unpaired) electrons. The lowest BCUT2D eigenvalue weighted by atomic mass is 10.0. The maximum atomic E-state index is 12.9. The third kappa shape index (κ3) is 3.38. The molecule has 0 spiro atoms. The zero-order valence-electron chi connectivity index (χ0n) is 15.2. The van der Waals surface area contributed by atoms with Crippen LogP contribution in [0.5, 0.6) is 11.5 Å². The van der Waals surface area contributed by atoms with Gasteiger partial charge in [0.05, 0.1) is 6.04 Å². The Morgan fingerprint density at radius 3 is 2.59 bits per heavy atom. The molecule has 1 aliphatic rings. The van der Waals surface area contributed by atoms with Gasteiger partial charge in [0.2, 0.25) is 0 Å². The van der Waals surface area contributed by atoms with Crippen LogP contribution < -0.4 is 14.8 Å². The summed E-state index contributed by atoms with van der Waals surface area (Å²) in [5, 5.41) is 7.09. The number of hydrogen-bond acceptors (Lipinski definition) is 5. The minimum absolute atomic E-state index is 0.216. The molecule has 27 heavy (non-hydrogen) atoms. The lowest BCUT2D eigenvalue weighted by molar-refractivity contribution is 0.0938. The molecular weight excluding hydrogens is 344 g/mol. The van der Waals surface area contributed by atoms with E-state index in [-0.39, 0.29) is 11.9 Å². The van der Waals surface area contributed by atoms with Crippen LogP contribution in [0.4, 0.5) is 0 Å². The smallest absolute Gasteiger partial charge is 0.257 e. The fourth-order valence-electron chi connectivity index (χ4n) is 3.11. The van der Waals surface area contributed by atoms with Crippen LogP contribution in [0.25, 0.3) is 11.3 Å². The predicted molar refractivity (Wildman–Crippen MR) is 100.0 cm³/mol. The summed E-state index contributed by atoms with van der Waals surface area (Å²) in [6.45, 7) is 4.74. The van der Waals surface area contributed by atoms with Gasteiger partial charge in [-0.25, -0.2) is 0 Å². The van der Waals surface area contributed by atoms with Crippen LogP contribution in [0.2, 0.25) is 0 Å². The number of nitrogens with zero attached hydrogens (tertiary/aromatic N) is 1. The highest BCUT2D eigenvalue weighted by atomic mass is 16.6. The number of benzene rings is 2. The Kier molecular flexibility index (Phi) is 4.54. The standard InChI is InChI=1S/C21H20N2O4/c1-13(16-8-9-17-18(12-16)26-11-10-25-17)22-21(24)19-14(2)27-23-20(19)15-6-4-3-5-7-15/h3-9,12-13H,10-11H2,1-2H3,(H,22,24)/t13-/m0/s1. The molecule has 1 aliphatic heterocycles. The highest BCUT2D eigenvalue weighted by molar-refractivity contribution is 6.00. The zero-order chi connectivity index (χ0) is 18.8. The van der Waals surface area contributed by atoms with Crippen molar-refractivity contribution in [1.29, 1.82) is 0 Å².